The number of carbonyl (C=O) groups excluding carboxylic acids is 3. The monoisotopic (exact) mass is 819 g/mol. The number of anilines is 2. The molecule has 4 aromatic rings. The zero-order chi connectivity index (χ0) is 41.6. The van der Waals surface area contributed by atoms with Crippen LogP contribution in [-0.4, -0.2) is 120 Å². The smallest absolute Gasteiger partial charge is 0.435 e. The van der Waals surface area contributed by atoms with Gasteiger partial charge in [0, 0.05) is 69.9 Å². The SMILES string of the molecule is CCC(CCN(CCCO)CC(=O)O)C(=O)N1CCN(C(=O)c2ccc(NC(=O)c3ncc(-c4cn(-c5ccc(N)cc5F)nc4C(F)(F)F)n3C)cc2Cl)CC1. The maximum Gasteiger partial charge on any atom is 0.435 e. The molecule has 57 heavy (non-hydrogen) atoms. The lowest BCUT2D eigenvalue weighted by Crippen LogP contribution is -2.52. The fourth-order valence-electron chi connectivity index (χ4n) is 6.58. The minimum Gasteiger partial charge on any atom is -0.480 e. The summed E-state index contributed by atoms with van der Waals surface area (Å²) in [7, 11) is 1.33. The number of imidazole rings is 1. The second-order valence-electron chi connectivity index (χ2n) is 13.5. The van der Waals surface area contributed by atoms with E-state index in [1.54, 1.807) is 14.7 Å². The van der Waals surface area contributed by atoms with Gasteiger partial charge in [-0.1, -0.05) is 18.5 Å². The number of nitrogen functional groups attached to an aromatic ring is 1. The van der Waals surface area contributed by atoms with E-state index in [1.807, 2.05) is 6.92 Å². The van der Waals surface area contributed by atoms with Crippen LogP contribution in [0.4, 0.5) is 28.9 Å². The molecule has 1 unspecified atom stereocenters. The van der Waals surface area contributed by atoms with E-state index in [0.29, 0.717) is 32.4 Å². The lowest BCUT2D eigenvalue weighted by atomic mass is 9.99. The van der Waals surface area contributed by atoms with Crippen molar-refractivity contribution in [2.24, 2.45) is 13.0 Å². The van der Waals surface area contributed by atoms with Gasteiger partial charge in [-0.2, -0.15) is 18.3 Å². The van der Waals surface area contributed by atoms with Crippen LogP contribution in [0.3, 0.4) is 0 Å². The van der Waals surface area contributed by atoms with Gasteiger partial charge in [0.05, 0.1) is 34.6 Å². The summed E-state index contributed by atoms with van der Waals surface area (Å²) in [6.45, 7) is 3.46. The number of benzene rings is 2. The molecular weight excluding hydrogens is 778 g/mol. The Morgan fingerprint density at radius 3 is 2.37 bits per heavy atom. The molecule has 1 atom stereocenters. The molecule has 0 saturated carbocycles. The van der Waals surface area contributed by atoms with Gasteiger partial charge in [0.15, 0.2) is 17.3 Å². The average molecular weight is 820 g/mol. The number of nitrogens with one attached hydrogen (secondary N) is 1. The Morgan fingerprint density at radius 1 is 1.05 bits per heavy atom. The molecule has 3 heterocycles. The molecular formula is C37H42ClF4N9O6. The fourth-order valence-corrected chi connectivity index (χ4v) is 6.84. The molecule has 306 valence electrons. The van der Waals surface area contributed by atoms with Crippen molar-refractivity contribution in [2.45, 2.75) is 32.4 Å². The second kappa shape index (κ2) is 18.2. The minimum absolute atomic E-state index is 0.0205. The number of carbonyl (C=O) groups is 4. The average Bonchev–Trinajstić information content (AvgIpc) is 3.77. The summed E-state index contributed by atoms with van der Waals surface area (Å²) in [5.41, 5.74) is 3.78. The third-order valence-electron chi connectivity index (χ3n) is 9.63. The van der Waals surface area contributed by atoms with E-state index in [-0.39, 0.29) is 96.2 Å². The highest BCUT2D eigenvalue weighted by Crippen LogP contribution is 2.37. The Morgan fingerprint density at radius 2 is 1.75 bits per heavy atom. The molecule has 2 aromatic heterocycles. The van der Waals surface area contributed by atoms with Crippen molar-refractivity contribution in [1.29, 1.82) is 0 Å². The summed E-state index contributed by atoms with van der Waals surface area (Å²) in [5.74, 6) is -3.75. The van der Waals surface area contributed by atoms with Gasteiger partial charge < -0.3 is 35.6 Å². The largest absolute Gasteiger partial charge is 0.480 e. The quantitative estimate of drug-likeness (QED) is 0.0989. The summed E-state index contributed by atoms with van der Waals surface area (Å²) < 4.78 is 58.7. The normalized spacial score (nSPS) is 13.9. The topological polar surface area (TPSA) is 192 Å². The van der Waals surface area contributed by atoms with Gasteiger partial charge in [-0.05, 0) is 62.2 Å². The van der Waals surface area contributed by atoms with Crippen LogP contribution in [0.1, 0.15) is 52.9 Å². The first-order valence-corrected chi connectivity index (χ1v) is 18.4. The lowest BCUT2D eigenvalue weighted by molar-refractivity contribution is -0.141. The lowest BCUT2D eigenvalue weighted by Gasteiger charge is -2.36. The van der Waals surface area contributed by atoms with E-state index in [1.165, 1.54) is 37.4 Å². The summed E-state index contributed by atoms with van der Waals surface area (Å²) in [6, 6.07) is 7.67. The first-order chi connectivity index (χ1) is 27.0. The number of halogens is 5. The number of aromatic nitrogens is 4. The Hall–Kier alpha value is -5.53. The number of piperazine rings is 1. The fraction of sp³-hybridized carbons (Fsp3) is 0.405. The number of rotatable bonds is 15. The predicted molar refractivity (Wildman–Crippen MR) is 201 cm³/mol. The minimum atomic E-state index is -4.94. The van der Waals surface area contributed by atoms with Crippen molar-refractivity contribution < 1.29 is 47.0 Å². The number of hydrogen-bond acceptors (Lipinski definition) is 9. The number of nitrogens with zero attached hydrogens (tertiary/aromatic N) is 7. The molecule has 3 amide bonds. The number of carboxylic acid groups (broad SMARTS) is 1. The molecule has 0 aliphatic carbocycles. The van der Waals surface area contributed by atoms with Crippen molar-refractivity contribution in [3.63, 3.8) is 0 Å². The zero-order valence-electron chi connectivity index (χ0n) is 31.1. The van der Waals surface area contributed by atoms with E-state index in [9.17, 15) is 41.8 Å². The van der Waals surface area contributed by atoms with Crippen molar-refractivity contribution in [3.05, 3.63) is 76.7 Å². The number of carboxylic acids is 1. The number of aliphatic hydroxyl groups is 1. The van der Waals surface area contributed by atoms with Gasteiger partial charge in [-0.25, -0.2) is 14.1 Å². The van der Waals surface area contributed by atoms with Gasteiger partial charge in [0.25, 0.3) is 11.8 Å². The van der Waals surface area contributed by atoms with E-state index in [0.717, 1.165) is 27.7 Å². The first kappa shape index (κ1) is 42.6. The molecule has 0 spiro atoms. The van der Waals surface area contributed by atoms with Crippen molar-refractivity contribution >= 4 is 46.7 Å². The van der Waals surface area contributed by atoms with E-state index in [4.69, 9.17) is 22.4 Å². The number of amides is 3. The maximum atomic E-state index is 14.6. The highest BCUT2D eigenvalue weighted by Gasteiger charge is 2.39. The Labute approximate surface area is 329 Å². The predicted octanol–water partition coefficient (Wildman–Crippen LogP) is 4.39. The third-order valence-corrected chi connectivity index (χ3v) is 9.94. The number of alkyl halides is 3. The van der Waals surface area contributed by atoms with Crippen LogP contribution in [0, 0.1) is 11.7 Å². The second-order valence-corrected chi connectivity index (χ2v) is 13.9. The molecule has 1 fully saturated rings. The Kier molecular flexibility index (Phi) is 13.6. The number of aliphatic carboxylic acids is 1. The highest BCUT2D eigenvalue weighted by molar-refractivity contribution is 6.34. The van der Waals surface area contributed by atoms with E-state index < -0.39 is 35.1 Å². The van der Waals surface area contributed by atoms with E-state index >= 15 is 0 Å². The van der Waals surface area contributed by atoms with Gasteiger partial charge in [0.1, 0.15) is 5.69 Å². The van der Waals surface area contributed by atoms with Crippen molar-refractivity contribution in [1.82, 2.24) is 34.0 Å². The van der Waals surface area contributed by atoms with Crippen LogP contribution in [0.5, 0.6) is 0 Å². The molecule has 1 saturated heterocycles. The Bertz CT molecular complexity index is 2120. The van der Waals surface area contributed by atoms with Crippen molar-refractivity contribution in [2.75, 3.05) is 63.5 Å². The molecule has 0 radical (unpaired) electrons. The van der Waals surface area contributed by atoms with Gasteiger partial charge >= 0.3 is 12.1 Å². The molecule has 15 nitrogen and oxygen atoms in total. The number of aliphatic hydroxyl groups excluding tert-OH is 1. The Balaban J connectivity index is 1.21. The van der Waals surface area contributed by atoms with Crippen LogP contribution in [0.25, 0.3) is 16.9 Å². The van der Waals surface area contributed by atoms with Crippen LogP contribution in [-0.2, 0) is 22.8 Å². The summed E-state index contributed by atoms with van der Waals surface area (Å²) in [4.78, 5) is 60.3. The van der Waals surface area contributed by atoms with Gasteiger partial charge in [-0.3, -0.25) is 24.1 Å². The standard InChI is InChI=1S/C37H42ClF4N9O6/c1-3-22(9-11-48(10-4-16-52)21-31(53)54)35(56)49-12-14-50(15-13-49)36(57)25-7-6-24(18-27(25)38)45-34(55)33-44-19-30(47(33)2)26-20-51(46-32(26)37(40,41)42)29-8-5-23(43)17-28(29)39/h5-8,17-20,22,52H,3-4,9-16,21,43H2,1-2H3,(H,45,55)(H,53,54). The van der Waals surface area contributed by atoms with E-state index in [2.05, 4.69) is 15.4 Å². The number of hydrogen-bond donors (Lipinski definition) is 4. The number of nitrogens with two attached hydrogens (primary N) is 1. The molecule has 5 N–H and O–H groups in total. The summed E-state index contributed by atoms with van der Waals surface area (Å²) in [6.07, 6.45) is -1.47. The van der Waals surface area contributed by atoms with Gasteiger partial charge in [0.2, 0.25) is 5.91 Å². The van der Waals surface area contributed by atoms with Crippen LogP contribution >= 0.6 is 11.6 Å². The molecule has 5 rings (SSSR count). The van der Waals surface area contributed by atoms with Crippen LogP contribution in [0.2, 0.25) is 5.02 Å². The highest BCUT2D eigenvalue weighted by atomic mass is 35.5. The van der Waals surface area contributed by atoms with Gasteiger partial charge in [-0.15, -0.1) is 0 Å². The maximum absolute atomic E-state index is 14.6. The van der Waals surface area contributed by atoms with Crippen LogP contribution in [0.15, 0.2) is 48.8 Å². The van der Waals surface area contributed by atoms with Crippen molar-refractivity contribution in [3.8, 4) is 16.9 Å². The molecule has 20 heteroatoms. The molecule has 1 aliphatic rings. The first-order valence-electron chi connectivity index (χ1n) is 18.0. The molecule has 2 aromatic carbocycles. The zero-order valence-corrected chi connectivity index (χ0v) is 31.9. The third kappa shape index (κ3) is 10.1. The molecule has 1 aliphatic heterocycles. The molecule has 0 bridgehead atoms. The summed E-state index contributed by atoms with van der Waals surface area (Å²) >= 11 is 6.50. The summed E-state index contributed by atoms with van der Waals surface area (Å²) in [5, 5.41) is 24.5. The van der Waals surface area contributed by atoms with Crippen LogP contribution < -0.4 is 11.1 Å².